The van der Waals surface area contributed by atoms with Gasteiger partial charge in [-0.2, -0.15) is 4.98 Å². The molecule has 3 heterocycles. The molecule has 1 N–H and O–H groups in total. The fourth-order valence-electron chi connectivity index (χ4n) is 2.57. The van der Waals surface area contributed by atoms with Gasteiger partial charge >= 0.3 is 0 Å². The number of benzene rings is 1. The predicted octanol–water partition coefficient (Wildman–Crippen LogP) is 2.96. The SMILES string of the molecule is O=C(Cn1cnc(-c2noc(-c3ccncc3)n2)c1)NCc1cccc(Cl)c1. The molecule has 1 aromatic carbocycles. The topological polar surface area (TPSA) is 98.7 Å². The second-order valence-corrected chi connectivity index (χ2v) is 6.43. The van der Waals surface area contributed by atoms with E-state index >= 15 is 0 Å². The van der Waals surface area contributed by atoms with Crippen LogP contribution >= 0.6 is 11.6 Å². The number of rotatable bonds is 6. The first-order chi connectivity index (χ1) is 13.7. The quantitative estimate of drug-likeness (QED) is 0.539. The van der Waals surface area contributed by atoms with Gasteiger partial charge in [-0.1, -0.05) is 28.9 Å². The van der Waals surface area contributed by atoms with E-state index in [1.807, 2.05) is 18.2 Å². The van der Waals surface area contributed by atoms with Gasteiger partial charge < -0.3 is 14.4 Å². The first-order valence-corrected chi connectivity index (χ1v) is 8.82. The lowest BCUT2D eigenvalue weighted by molar-refractivity contribution is -0.121. The van der Waals surface area contributed by atoms with Gasteiger partial charge in [0, 0.05) is 35.7 Å². The van der Waals surface area contributed by atoms with Crippen molar-refractivity contribution < 1.29 is 9.32 Å². The van der Waals surface area contributed by atoms with E-state index in [-0.39, 0.29) is 12.5 Å². The van der Waals surface area contributed by atoms with Crippen LogP contribution in [-0.4, -0.2) is 30.6 Å². The zero-order chi connectivity index (χ0) is 19.3. The average Bonchev–Trinajstić information content (AvgIpc) is 3.37. The van der Waals surface area contributed by atoms with Crippen LogP contribution in [0.4, 0.5) is 0 Å². The molecular weight excluding hydrogens is 380 g/mol. The van der Waals surface area contributed by atoms with Crippen molar-refractivity contribution in [1.82, 2.24) is 30.0 Å². The molecule has 0 aliphatic rings. The number of pyridine rings is 1. The van der Waals surface area contributed by atoms with E-state index in [4.69, 9.17) is 16.1 Å². The van der Waals surface area contributed by atoms with E-state index in [1.165, 1.54) is 0 Å². The highest BCUT2D eigenvalue weighted by molar-refractivity contribution is 6.30. The van der Waals surface area contributed by atoms with Crippen LogP contribution in [0.15, 0.2) is 65.8 Å². The molecular formula is C19H15ClN6O2. The third-order valence-electron chi connectivity index (χ3n) is 3.92. The molecule has 0 atom stereocenters. The minimum absolute atomic E-state index is 0.128. The van der Waals surface area contributed by atoms with Crippen LogP contribution in [0, 0.1) is 0 Å². The van der Waals surface area contributed by atoms with Crippen LogP contribution in [-0.2, 0) is 17.9 Å². The minimum atomic E-state index is -0.144. The Morgan fingerprint density at radius 1 is 1.21 bits per heavy atom. The Labute approximate surface area is 165 Å². The molecule has 1 amide bonds. The molecule has 0 saturated carbocycles. The summed E-state index contributed by atoms with van der Waals surface area (Å²) in [6.07, 6.45) is 6.54. The largest absolute Gasteiger partial charge is 0.350 e. The number of aromatic nitrogens is 5. The van der Waals surface area contributed by atoms with Crippen molar-refractivity contribution in [2.75, 3.05) is 0 Å². The van der Waals surface area contributed by atoms with Crippen LogP contribution in [0.25, 0.3) is 23.0 Å². The fourth-order valence-corrected chi connectivity index (χ4v) is 2.78. The van der Waals surface area contributed by atoms with Gasteiger partial charge in [-0.15, -0.1) is 0 Å². The van der Waals surface area contributed by atoms with Gasteiger partial charge in [0.2, 0.25) is 11.7 Å². The first kappa shape index (κ1) is 17.9. The third-order valence-corrected chi connectivity index (χ3v) is 4.16. The van der Waals surface area contributed by atoms with Gasteiger partial charge in [-0.3, -0.25) is 9.78 Å². The number of carbonyl (C=O) groups excluding carboxylic acids is 1. The smallest absolute Gasteiger partial charge is 0.258 e. The van der Waals surface area contributed by atoms with Gasteiger partial charge in [-0.05, 0) is 29.8 Å². The van der Waals surface area contributed by atoms with E-state index < -0.39 is 0 Å². The highest BCUT2D eigenvalue weighted by Crippen LogP contribution is 2.20. The van der Waals surface area contributed by atoms with Crippen molar-refractivity contribution in [3.05, 3.63) is 71.9 Å². The molecule has 4 rings (SSSR count). The Balaban J connectivity index is 1.38. The number of carbonyl (C=O) groups is 1. The lowest BCUT2D eigenvalue weighted by atomic mass is 10.2. The minimum Gasteiger partial charge on any atom is -0.350 e. The van der Waals surface area contributed by atoms with Crippen LogP contribution in [0.3, 0.4) is 0 Å². The Hall–Kier alpha value is -3.52. The Morgan fingerprint density at radius 3 is 2.89 bits per heavy atom. The lowest BCUT2D eigenvalue weighted by Gasteiger charge is -2.06. The molecule has 140 valence electrons. The van der Waals surface area contributed by atoms with E-state index in [9.17, 15) is 4.79 Å². The van der Waals surface area contributed by atoms with E-state index in [0.29, 0.717) is 29.0 Å². The number of hydrogen-bond donors (Lipinski definition) is 1. The number of hydrogen-bond acceptors (Lipinski definition) is 6. The zero-order valence-electron chi connectivity index (χ0n) is 14.6. The number of amides is 1. The molecule has 8 nitrogen and oxygen atoms in total. The summed E-state index contributed by atoms with van der Waals surface area (Å²) in [4.78, 5) is 24.7. The second-order valence-electron chi connectivity index (χ2n) is 6.00. The average molecular weight is 395 g/mol. The number of nitrogens with one attached hydrogen (secondary N) is 1. The summed E-state index contributed by atoms with van der Waals surface area (Å²) in [7, 11) is 0. The van der Waals surface area contributed by atoms with Crippen molar-refractivity contribution in [3.63, 3.8) is 0 Å². The highest BCUT2D eigenvalue weighted by atomic mass is 35.5. The summed E-state index contributed by atoms with van der Waals surface area (Å²) in [6, 6.07) is 10.9. The van der Waals surface area contributed by atoms with Crippen molar-refractivity contribution in [2.45, 2.75) is 13.1 Å². The summed E-state index contributed by atoms with van der Waals surface area (Å²) in [5, 5.41) is 7.43. The molecule has 0 bridgehead atoms. The van der Waals surface area contributed by atoms with Crippen molar-refractivity contribution in [1.29, 1.82) is 0 Å². The van der Waals surface area contributed by atoms with Crippen LogP contribution in [0.1, 0.15) is 5.56 Å². The van der Waals surface area contributed by atoms with Gasteiger partial charge in [-0.25, -0.2) is 4.98 Å². The second kappa shape index (κ2) is 8.01. The standard InChI is InChI=1S/C19H15ClN6O2/c20-15-3-1-2-13(8-15)9-22-17(27)11-26-10-16(23-12-26)18-24-19(28-25-18)14-4-6-21-7-5-14/h1-8,10,12H,9,11H2,(H,22,27). The summed E-state index contributed by atoms with van der Waals surface area (Å²) >= 11 is 5.94. The molecule has 0 radical (unpaired) electrons. The number of nitrogens with zero attached hydrogens (tertiary/aromatic N) is 5. The van der Waals surface area contributed by atoms with E-state index in [2.05, 4.69) is 25.4 Å². The summed E-state index contributed by atoms with van der Waals surface area (Å²) in [6.45, 7) is 0.531. The molecule has 3 aromatic heterocycles. The molecule has 28 heavy (non-hydrogen) atoms. The maximum absolute atomic E-state index is 12.2. The molecule has 0 aliphatic carbocycles. The summed E-state index contributed by atoms with van der Waals surface area (Å²) < 4.78 is 6.92. The van der Waals surface area contributed by atoms with Gasteiger partial charge in [0.05, 0.1) is 6.33 Å². The van der Waals surface area contributed by atoms with Gasteiger partial charge in [0.1, 0.15) is 12.2 Å². The number of imidazole rings is 1. The molecule has 0 saturated heterocycles. The molecule has 0 fully saturated rings. The van der Waals surface area contributed by atoms with Crippen LogP contribution in [0.5, 0.6) is 0 Å². The predicted molar refractivity (Wildman–Crippen MR) is 102 cm³/mol. The van der Waals surface area contributed by atoms with Crippen molar-refractivity contribution >= 4 is 17.5 Å². The molecule has 0 spiro atoms. The zero-order valence-corrected chi connectivity index (χ0v) is 15.4. The summed E-state index contributed by atoms with van der Waals surface area (Å²) in [5.41, 5.74) is 2.22. The normalized spacial score (nSPS) is 10.8. The van der Waals surface area contributed by atoms with E-state index in [0.717, 1.165) is 11.1 Å². The third kappa shape index (κ3) is 4.24. The molecule has 4 aromatic rings. The van der Waals surface area contributed by atoms with Crippen molar-refractivity contribution in [3.8, 4) is 23.0 Å². The fraction of sp³-hybridized carbons (Fsp3) is 0.105. The first-order valence-electron chi connectivity index (χ1n) is 8.45. The van der Waals surface area contributed by atoms with Gasteiger partial charge in [0.25, 0.3) is 5.89 Å². The van der Waals surface area contributed by atoms with Crippen LogP contribution < -0.4 is 5.32 Å². The summed E-state index contributed by atoms with van der Waals surface area (Å²) in [5.74, 6) is 0.589. The van der Waals surface area contributed by atoms with Gasteiger partial charge in [0.15, 0.2) is 0 Å². The maximum Gasteiger partial charge on any atom is 0.258 e. The molecule has 0 unspecified atom stereocenters. The Kier molecular flexibility index (Phi) is 5.11. The maximum atomic E-state index is 12.2. The lowest BCUT2D eigenvalue weighted by Crippen LogP contribution is -2.26. The number of halogens is 1. The molecule has 9 heteroatoms. The monoisotopic (exact) mass is 394 g/mol. The van der Waals surface area contributed by atoms with E-state index in [1.54, 1.807) is 47.7 Å². The van der Waals surface area contributed by atoms with Crippen LogP contribution in [0.2, 0.25) is 5.02 Å². The van der Waals surface area contributed by atoms with Crippen molar-refractivity contribution in [2.24, 2.45) is 0 Å². The Morgan fingerprint density at radius 2 is 2.07 bits per heavy atom. The Bertz CT molecular complexity index is 1090. The molecule has 0 aliphatic heterocycles. The highest BCUT2D eigenvalue weighted by Gasteiger charge is 2.13.